The number of nitrogens with two attached hydrogens (primary N) is 1. The van der Waals surface area contributed by atoms with Gasteiger partial charge < -0.3 is 5.73 Å². The molecule has 0 bridgehead atoms. The van der Waals surface area contributed by atoms with Gasteiger partial charge in [0.15, 0.2) is 0 Å². The fourth-order valence-electron chi connectivity index (χ4n) is 2.26. The number of hydrogen-bond acceptors (Lipinski definition) is 3. The summed E-state index contributed by atoms with van der Waals surface area (Å²) in [5, 5.41) is 9.72. The van der Waals surface area contributed by atoms with Crippen molar-refractivity contribution in [2.45, 2.75) is 6.92 Å². The third-order valence-corrected chi connectivity index (χ3v) is 3.52. The second-order valence-electron chi connectivity index (χ2n) is 4.67. The Morgan fingerprint density at radius 3 is 2.81 bits per heavy atom. The van der Waals surface area contributed by atoms with E-state index >= 15 is 0 Å². The van der Waals surface area contributed by atoms with Gasteiger partial charge in [0.25, 0.3) is 0 Å². The molecule has 1 aromatic heterocycles. The van der Waals surface area contributed by atoms with Crippen LogP contribution in [0, 0.1) is 24.1 Å². The van der Waals surface area contributed by atoms with Gasteiger partial charge in [-0.1, -0.05) is 11.6 Å². The van der Waals surface area contributed by atoms with Gasteiger partial charge in [-0.25, -0.2) is 9.37 Å². The summed E-state index contributed by atoms with van der Waals surface area (Å²) in [6.45, 7) is 1.66. The van der Waals surface area contributed by atoms with Crippen LogP contribution in [-0.2, 0) is 0 Å². The number of aryl methyl sites for hydroxylation is 1. The molecule has 0 saturated heterocycles. The van der Waals surface area contributed by atoms with Gasteiger partial charge in [0, 0.05) is 11.1 Å². The normalized spacial score (nSPS) is 10.8. The number of nitrogens with zero attached hydrogens (tertiary/aromatic N) is 3. The Balaban J connectivity index is 2.41. The molecule has 0 spiro atoms. The Kier molecular flexibility index (Phi) is 3.04. The maximum Gasteiger partial charge on any atom is 0.205 e. The Hall–Kier alpha value is -2.58. The van der Waals surface area contributed by atoms with E-state index in [1.54, 1.807) is 35.8 Å². The minimum Gasteiger partial charge on any atom is -0.369 e. The van der Waals surface area contributed by atoms with E-state index in [-0.39, 0.29) is 11.8 Å². The summed E-state index contributed by atoms with van der Waals surface area (Å²) in [7, 11) is 0. The molecule has 3 aromatic rings. The van der Waals surface area contributed by atoms with E-state index in [0.717, 1.165) is 0 Å². The highest BCUT2D eigenvalue weighted by atomic mass is 35.5. The van der Waals surface area contributed by atoms with Gasteiger partial charge in [0.1, 0.15) is 11.9 Å². The molecule has 0 aliphatic rings. The van der Waals surface area contributed by atoms with E-state index in [4.69, 9.17) is 17.3 Å². The second kappa shape index (κ2) is 4.76. The van der Waals surface area contributed by atoms with Crippen LogP contribution in [0.1, 0.15) is 11.1 Å². The summed E-state index contributed by atoms with van der Waals surface area (Å²) in [6.07, 6.45) is 0. The molecule has 3 rings (SSSR count). The number of fused-ring (bicyclic) bond motifs is 1. The summed E-state index contributed by atoms with van der Waals surface area (Å²) in [5.74, 6) is -0.174. The highest BCUT2D eigenvalue weighted by molar-refractivity contribution is 6.30. The van der Waals surface area contributed by atoms with Crippen LogP contribution < -0.4 is 5.73 Å². The lowest BCUT2D eigenvalue weighted by Gasteiger charge is -2.09. The summed E-state index contributed by atoms with van der Waals surface area (Å²) in [5.41, 5.74) is 8.41. The molecule has 104 valence electrons. The average Bonchev–Trinajstić information content (AvgIpc) is 2.74. The van der Waals surface area contributed by atoms with Crippen molar-refractivity contribution in [3.05, 3.63) is 52.3 Å². The summed E-state index contributed by atoms with van der Waals surface area (Å²) >= 11 is 6.01. The SMILES string of the molecule is Cc1cc2c(cc1F)nc(N)n2-c1cc(Cl)ccc1C#N. The van der Waals surface area contributed by atoms with Crippen LogP contribution in [0.15, 0.2) is 30.3 Å². The third kappa shape index (κ3) is 2.10. The molecule has 21 heavy (non-hydrogen) atoms. The predicted molar refractivity (Wildman–Crippen MR) is 79.9 cm³/mol. The first-order chi connectivity index (χ1) is 10.0. The summed E-state index contributed by atoms with van der Waals surface area (Å²) in [4.78, 5) is 4.14. The van der Waals surface area contributed by atoms with E-state index in [1.807, 2.05) is 0 Å². The molecule has 4 nitrogen and oxygen atoms in total. The summed E-state index contributed by atoms with van der Waals surface area (Å²) < 4.78 is 15.2. The van der Waals surface area contributed by atoms with Gasteiger partial charge >= 0.3 is 0 Å². The standard InChI is InChI=1S/C15H10ClFN4/c1-8-4-14-12(6-11(8)17)20-15(19)21(14)13-5-10(16)3-2-9(13)7-18/h2-6H,1H3,(H2,19,20). The van der Waals surface area contributed by atoms with Crippen molar-refractivity contribution in [2.75, 3.05) is 5.73 Å². The number of nitriles is 1. The van der Waals surface area contributed by atoms with E-state index in [9.17, 15) is 9.65 Å². The number of imidazole rings is 1. The molecule has 2 N–H and O–H groups in total. The second-order valence-corrected chi connectivity index (χ2v) is 5.11. The minimum absolute atomic E-state index is 0.175. The average molecular weight is 301 g/mol. The Bertz CT molecular complexity index is 908. The van der Waals surface area contributed by atoms with Crippen molar-refractivity contribution in [1.29, 1.82) is 5.26 Å². The molecular formula is C15H10ClFN4. The van der Waals surface area contributed by atoms with Gasteiger partial charge in [0.05, 0.1) is 22.3 Å². The van der Waals surface area contributed by atoms with Crippen molar-refractivity contribution in [2.24, 2.45) is 0 Å². The van der Waals surface area contributed by atoms with Crippen LogP contribution in [0.25, 0.3) is 16.7 Å². The van der Waals surface area contributed by atoms with E-state index in [2.05, 4.69) is 11.1 Å². The lowest BCUT2D eigenvalue weighted by Crippen LogP contribution is -2.03. The first kappa shape index (κ1) is 13.4. The molecule has 6 heteroatoms. The lowest BCUT2D eigenvalue weighted by molar-refractivity contribution is 0.620. The van der Waals surface area contributed by atoms with Crippen LogP contribution in [0.2, 0.25) is 5.02 Å². The third-order valence-electron chi connectivity index (χ3n) is 3.28. The zero-order chi connectivity index (χ0) is 15.1. The lowest BCUT2D eigenvalue weighted by atomic mass is 10.1. The maximum absolute atomic E-state index is 13.6. The van der Waals surface area contributed by atoms with Gasteiger partial charge in [-0.05, 0) is 36.8 Å². The molecule has 0 aliphatic heterocycles. The molecule has 0 unspecified atom stereocenters. The van der Waals surface area contributed by atoms with E-state index < -0.39 is 0 Å². The van der Waals surface area contributed by atoms with Crippen molar-refractivity contribution < 1.29 is 4.39 Å². The van der Waals surface area contributed by atoms with Crippen molar-refractivity contribution in [3.8, 4) is 11.8 Å². The zero-order valence-electron chi connectivity index (χ0n) is 11.1. The smallest absolute Gasteiger partial charge is 0.205 e. The van der Waals surface area contributed by atoms with Crippen LogP contribution in [0.3, 0.4) is 0 Å². The molecule has 0 saturated carbocycles. The van der Waals surface area contributed by atoms with Crippen molar-refractivity contribution in [1.82, 2.24) is 9.55 Å². The number of nitrogen functional groups attached to an aromatic ring is 1. The monoisotopic (exact) mass is 300 g/mol. The van der Waals surface area contributed by atoms with E-state index in [1.165, 1.54) is 6.07 Å². The van der Waals surface area contributed by atoms with Gasteiger partial charge in [0.2, 0.25) is 5.95 Å². The number of benzene rings is 2. The molecule has 0 atom stereocenters. The van der Waals surface area contributed by atoms with Gasteiger partial charge in [-0.2, -0.15) is 5.26 Å². The minimum atomic E-state index is -0.348. The summed E-state index contributed by atoms with van der Waals surface area (Å²) in [6, 6.07) is 9.94. The number of aromatic nitrogens is 2. The Morgan fingerprint density at radius 1 is 1.33 bits per heavy atom. The number of rotatable bonds is 1. The Labute approximate surface area is 125 Å². The fraction of sp³-hybridized carbons (Fsp3) is 0.0667. The molecule has 2 aromatic carbocycles. The van der Waals surface area contributed by atoms with Gasteiger partial charge in [-0.3, -0.25) is 4.57 Å². The van der Waals surface area contributed by atoms with Crippen LogP contribution in [0.5, 0.6) is 0 Å². The topological polar surface area (TPSA) is 67.6 Å². The van der Waals surface area contributed by atoms with Crippen molar-refractivity contribution in [3.63, 3.8) is 0 Å². The quantitative estimate of drug-likeness (QED) is 0.747. The first-order valence-corrected chi connectivity index (χ1v) is 6.53. The molecule has 0 radical (unpaired) electrons. The Morgan fingerprint density at radius 2 is 2.10 bits per heavy atom. The first-order valence-electron chi connectivity index (χ1n) is 6.15. The zero-order valence-corrected chi connectivity index (χ0v) is 11.8. The molecule has 0 aliphatic carbocycles. The fourth-order valence-corrected chi connectivity index (χ4v) is 2.43. The van der Waals surface area contributed by atoms with Crippen LogP contribution >= 0.6 is 11.6 Å². The number of halogens is 2. The van der Waals surface area contributed by atoms with Crippen LogP contribution in [0.4, 0.5) is 10.3 Å². The number of hydrogen-bond donors (Lipinski definition) is 1. The predicted octanol–water partition coefficient (Wildman–Crippen LogP) is 3.58. The number of anilines is 1. The molecule has 1 heterocycles. The molecular weight excluding hydrogens is 291 g/mol. The van der Waals surface area contributed by atoms with E-state index in [0.29, 0.717) is 32.9 Å². The highest BCUT2D eigenvalue weighted by Crippen LogP contribution is 2.28. The highest BCUT2D eigenvalue weighted by Gasteiger charge is 2.15. The van der Waals surface area contributed by atoms with Gasteiger partial charge in [-0.15, -0.1) is 0 Å². The molecule has 0 fully saturated rings. The molecule has 0 amide bonds. The van der Waals surface area contributed by atoms with Crippen molar-refractivity contribution >= 4 is 28.6 Å². The van der Waals surface area contributed by atoms with Crippen LogP contribution in [-0.4, -0.2) is 9.55 Å². The largest absolute Gasteiger partial charge is 0.369 e. The maximum atomic E-state index is 13.6.